The van der Waals surface area contributed by atoms with E-state index in [0.29, 0.717) is 21.5 Å². The molecule has 1 atom stereocenters. The van der Waals surface area contributed by atoms with E-state index in [1.54, 1.807) is 12.1 Å². The fraction of sp³-hybridized carbons (Fsp3) is 0.562. The van der Waals surface area contributed by atoms with Gasteiger partial charge in [-0.15, -0.1) is 0 Å². The van der Waals surface area contributed by atoms with Crippen molar-refractivity contribution in [2.45, 2.75) is 45.4 Å². The van der Waals surface area contributed by atoms with Crippen molar-refractivity contribution in [3.8, 4) is 0 Å². The molecule has 0 bridgehead atoms. The van der Waals surface area contributed by atoms with Crippen LogP contribution in [0.3, 0.4) is 0 Å². The SMILES string of the molecule is CC(C)CC[C@@H](C)NC(=O)CS(=O)(=O)Cc1ccc(Cl)c(Cl)c1. The van der Waals surface area contributed by atoms with Crippen molar-refractivity contribution in [1.29, 1.82) is 0 Å². The van der Waals surface area contributed by atoms with Crippen molar-refractivity contribution in [1.82, 2.24) is 5.32 Å². The number of sulfone groups is 1. The fourth-order valence-corrected chi connectivity index (χ4v) is 3.70. The topological polar surface area (TPSA) is 63.2 Å². The van der Waals surface area contributed by atoms with Gasteiger partial charge in [-0.1, -0.05) is 43.1 Å². The van der Waals surface area contributed by atoms with E-state index in [2.05, 4.69) is 19.2 Å². The van der Waals surface area contributed by atoms with Crippen molar-refractivity contribution in [3.63, 3.8) is 0 Å². The van der Waals surface area contributed by atoms with Crippen LogP contribution in [0.1, 0.15) is 39.2 Å². The Morgan fingerprint density at radius 1 is 1.13 bits per heavy atom. The first-order valence-corrected chi connectivity index (χ1v) is 10.1. The van der Waals surface area contributed by atoms with Gasteiger partial charge in [0.25, 0.3) is 0 Å². The van der Waals surface area contributed by atoms with E-state index in [1.165, 1.54) is 6.07 Å². The first-order chi connectivity index (χ1) is 10.6. The number of benzene rings is 1. The molecule has 0 fully saturated rings. The average Bonchev–Trinajstić information content (AvgIpc) is 2.39. The predicted molar refractivity (Wildman–Crippen MR) is 95.6 cm³/mol. The Morgan fingerprint density at radius 3 is 2.35 bits per heavy atom. The molecule has 23 heavy (non-hydrogen) atoms. The van der Waals surface area contributed by atoms with Gasteiger partial charge in [0, 0.05) is 6.04 Å². The number of carbonyl (C=O) groups is 1. The minimum Gasteiger partial charge on any atom is -0.353 e. The zero-order valence-corrected chi connectivity index (χ0v) is 15.9. The molecule has 0 aliphatic carbocycles. The summed E-state index contributed by atoms with van der Waals surface area (Å²) in [5.74, 6) is -0.689. The largest absolute Gasteiger partial charge is 0.353 e. The van der Waals surface area contributed by atoms with Crippen LogP contribution in [-0.4, -0.2) is 26.1 Å². The summed E-state index contributed by atoms with van der Waals surface area (Å²) in [6.07, 6.45) is 1.81. The van der Waals surface area contributed by atoms with Gasteiger partial charge in [-0.2, -0.15) is 0 Å². The van der Waals surface area contributed by atoms with Gasteiger partial charge in [-0.05, 0) is 43.4 Å². The normalized spacial score (nSPS) is 13.1. The van der Waals surface area contributed by atoms with Crippen LogP contribution in [-0.2, 0) is 20.4 Å². The maximum atomic E-state index is 12.1. The summed E-state index contributed by atoms with van der Waals surface area (Å²) in [5, 5.41) is 3.40. The van der Waals surface area contributed by atoms with Crippen LogP contribution in [0.2, 0.25) is 10.0 Å². The molecule has 0 aromatic heterocycles. The number of nitrogens with one attached hydrogen (secondary N) is 1. The van der Waals surface area contributed by atoms with Gasteiger partial charge in [0.15, 0.2) is 9.84 Å². The van der Waals surface area contributed by atoms with E-state index in [-0.39, 0.29) is 11.8 Å². The average molecular weight is 380 g/mol. The number of rotatable bonds is 8. The van der Waals surface area contributed by atoms with E-state index in [4.69, 9.17) is 23.2 Å². The smallest absolute Gasteiger partial charge is 0.235 e. The molecule has 1 N–H and O–H groups in total. The van der Waals surface area contributed by atoms with E-state index in [9.17, 15) is 13.2 Å². The molecular formula is C16H23Cl2NO3S. The van der Waals surface area contributed by atoms with Crippen LogP contribution in [0, 0.1) is 5.92 Å². The molecule has 0 saturated heterocycles. The van der Waals surface area contributed by atoms with Crippen molar-refractivity contribution >= 4 is 38.9 Å². The van der Waals surface area contributed by atoms with Crippen molar-refractivity contribution in [3.05, 3.63) is 33.8 Å². The molecule has 0 aliphatic rings. The number of hydrogen-bond donors (Lipinski definition) is 1. The highest BCUT2D eigenvalue weighted by Gasteiger charge is 2.19. The van der Waals surface area contributed by atoms with Gasteiger partial charge in [-0.3, -0.25) is 4.79 Å². The molecule has 4 nitrogen and oxygen atoms in total. The molecule has 130 valence electrons. The number of amides is 1. The second kappa shape index (κ2) is 8.90. The molecular weight excluding hydrogens is 357 g/mol. The Morgan fingerprint density at radius 2 is 1.78 bits per heavy atom. The summed E-state index contributed by atoms with van der Waals surface area (Å²) >= 11 is 11.7. The lowest BCUT2D eigenvalue weighted by atomic mass is 10.0. The molecule has 0 radical (unpaired) electrons. The van der Waals surface area contributed by atoms with Gasteiger partial charge in [-0.25, -0.2) is 8.42 Å². The Kier molecular flexibility index (Phi) is 7.84. The summed E-state index contributed by atoms with van der Waals surface area (Å²) in [7, 11) is -3.55. The van der Waals surface area contributed by atoms with Crippen LogP contribution in [0.5, 0.6) is 0 Å². The van der Waals surface area contributed by atoms with E-state index < -0.39 is 21.5 Å². The van der Waals surface area contributed by atoms with Gasteiger partial charge in [0.05, 0.1) is 15.8 Å². The molecule has 0 aliphatic heterocycles. The van der Waals surface area contributed by atoms with Gasteiger partial charge < -0.3 is 5.32 Å². The van der Waals surface area contributed by atoms with Crippen molar-refractivity contribution < 1.29 is 13.2 Å². The molecule has 0 saturated carbocycles. The van der Waals surface area contributed by atoms with Gasteiger partial charge in [0.2, 0.25) is 5.91 Å². The minimum atomic E-state index is -3.55. The van der Waals surface area contributed by atoms with Gasteiger partial charge >= 0.3 is 0 Å². The lowest BCUT2D eigenvalue weighted by molar-refractivity contribution is -0.119. The monoisotopic (exact) mass is 379 g/mol. The summed E-state index contributed by atoms with van der Waals surface area (Å²) in [4.78, 5) is 11.9. The van der Waals surface area contributed by atoms with E-state index in [0.717, 1.165) is 12.8 Å². The first kappa shape index (κ1) is 20.3. The van der Waals surface area contributed by atoms with E-state index >= 15 is 0 Å². The van der Waals surface area contributed by atoms with Crippen molar-refractivity contribution in [2.75, 3.05) is 5.75 Å². The second-order valence-corrected chi connectivity index (χ2v) is 9.10. The Labute approximate surface area is 148 Å². The fourth-order valence-electron chi connectivity index (χ4n) is 2.11. The molecule has 0 heterocycles. The number of hydrogen-bond acceptors (Lipinski definition) is 3. The highest BCUT2D eigenvalue weighted by atomic mass is 35.5. The molecule has 1 aromatic carbocycles. The lowest BCUT2D eigenvalue weighted by Gasteiger charge is -2.15. The van der Waals surface area contributed by atoms with Crippen LogP contribution in [0.4, 0.5) is 0 Å². The third-order valence-corrected chi connectivity index (χ3v) is 5.52. The lowest BCUT2D eigenvalue weighted by Crippen LogP contribution is -2.37. The second-order valence-electron chi connectivity index (χ2n) is 6.22. The third kappa shape index (κ3) is 8.04. The molecule has 1 amide bonds. The Balaban J connectivity index is 2.56. The molecule has 0 spiro atoms. The van der Waals surface area contributed by atoms with Crippen molar-refractivity contribution in [2.24, 2.45) is 5.92 Å². The maximum absolute atomic E-state index is 12.1. The highest BCUT2D eigenvalue weighted by molar-refractivity contribution is 7.91. The van der Waals surface area contributed by atoms with Gasteiger partial charge in [0.1, 0.15) is 5.75 Å². The Bertz CT molecular complexity index is 645. The summed E-state index contributed by atoms with van der Waals surface area (Å²) in [6, 6.07) is 4.60. The van der Waals surface area contributed by atoms with Crippen LogP contribution in [0.15, 0.2) is 18.2 Å². The predicted octanol–water partition coefficient (Wildman–Crippen LogP) is 3.85. The first-order valence-electron chi connectivity index (χ1n) is 7.53. The minimum absolute atomic E-state index is 0.0370. The quantitative estimate of drug-likeness (QED) is 0.745. The van der Waals surface area contributed by atoms with Crippen LogP contribution in [0.25, 0.3) is 0 Å². The maximum Gasteiger partial charge on any atom is 0.235 e. The zero-order chi connectivity index (χ0) is 17.6. The summed E-state index contributed by atoms with van der Waals surface area (Å²) in [5.41, 5.74) is 0.514. The number of carbonyl (C=O) groups excluding carboxylic acids is 1. The standard InChI is InChI=1S/C16H23Cl2NO3S/c1-11(2)4-5-12(3)19-16(20)10-23(21,22)9-13-6-7-14(17)15(18)8-13/h6-8,11-12H,4-5,9-10H2,1-3H3,(H,19,20)/t12-/m1/s1. The summed E-state index contributed by atoms with van der Waals surface area (Å²) in [6.45, 7) is 6.10. The molecule has 0 unspecified atom stereocenters. The molecule has 1 rings (SSSR count). The number of halogens is 2. The molecule has 7 heteroatoms. The van der Waals surface area contributed by atoms with Crippen LogP contribution < -0.4 is 5.32 Å². The third-order valence-electron chi connectivity index (χ3n) is 3.31. The molecule has 1 aromatic rings. The van der Waals surface area contributed by atoms with E-state index in [1.807, 2.05) is 6.92 Å². The zero-order valence-electron chi connectivity index (χ0n) is 13.6. The van der Waals surface area contributed by atoms with Crippen LogP contribution >= 0.6 is 23.2 Å². The highest BCUT2D eigenvalue weighted by Crippen LogP contribution is 2.23. The Hall–Kier alpha value is -0.780. The summed E-state index contributed by atoms with van der Waals surface area (Å²) < 4.78 is 24.2.